The van der Waals surface area contributed by atoms with E-state index in [-0.39, 0.29) is 0 Å². The fraction of sp³-hybridized carbons (Fsp3) is 0.929. The molecule has 1 heterocycles. The molecule has 0 aromatic carbocycles. The van der Waals surface area contributed by atoms with Gasteiger partial charge in [0.2, 0.25) is 0 Å². The van der Waals surface area contributed by atoms with Gasteiger partial charge in [0.1, 0.15) is 0 Å². The fourth-order valence-electron chi connectivity index (χ4n) is 2.67. The summed E-state index contributed by atoms with van der Waals surface area (Å²) in [5.41, 5.74) is -0.572. The van der Waals surface area contributed by atoms with Crippen molar-refractivity contribution in [2.45, 2.75) is 52.9 Å². The Labute approximate surface area is 105 Å². The van der Waals surface area contributed by atoms with Crippen LogP contribution in [0.25, 0.3) is 0 Å². The van der Waals surface area contributed by atoms with Crippen LogP contribution in [0.2, 0.25) is 0 Å². The summed E-state index contributed by atoms with van der Waals surface area (Å²) < 4.78 is 0. The molecule has 3 nitrogen and oxygen atoms in total. The number of aliphatic carboxylic acids is 1. The highest BCUT2D eigenvalue weighted by Crippen LogP contribution is 2.27. The second kappa shape index (κ2) is 6.39. The Morgan fingerprint density at radius 3 is 2.35 bits per heavy atom. The summed E-state index contributed by atoms with van der Waals surface area (Å²) in [6.45, 7) is 8.94. The molecule has 0 aromatic rings. The molecule has 1 N–H and O–H groups in total. The molecule has 1 unspecified atom stereocenters. The minimum Gasteiger partial charge on any atom is -0.481 e. The number of carboxylic acids is 1. The van der Waals surface area contributed by atoms with E-state index in [0.29, 0.717) is 13.0 Å². The predicted octanol–water partition coefficient (Wildman–Crippen LogP) is 3.00. The molecule has 1 saturated heterocycles. The predicted molar refractivity (Wildman–Crippen MR) is 70.1 cm³/mol. The van der Waals surface area contributed by atoms with Crippen LogP contribution in [0.5, 0.6) is 0 Å². The summed E-state index contributed by atoms with van der Waals surface area (Å²) in [5, 5.41) is 9.27. The summed E-state index contributed by atoms with van der Waals surface area (Å²) in [4.78, 5) is 13.6. The van der Waals surface area contributed by atoms with Crippen molar-refractivity contribution in [1.29, 1.82) is 0 Å². The summed E-state index contributed by atoms with van der Waals surface area (Å²) in [5.74, 6) is 0.213. The Morgan fingerprint density at radius 2 is 1.94 bits per heavy atom. The topological polar surface area (TPSA) is 40.5 Å². The molecule has 0 bridgehead atoms. The fourth-order valence-corrected chi connectivity index (χ4v) is 2.67. The van der Waals surface area contributed by atoms with Crippen molar-refractivity contribution in [1.82, 2.24) is 4.90 Å². The van der Waals surface area contributed by atoms with Crippen molar-refractivity contribution in [2.24, 2.45) is 11.3 Å². The van der Waals surface area contributed by atoms with Gasteiger partial charge < -0.3 is 10.0 Å². The number of nitrogens with zero attached hydrogens (tertiary/aromatic N) is 1. The summed E-state index contributed by atoms with van der Waals surface area (Å²) in [6, 6.07) is 0. The lowest BCUT2D eigenvalue weighted by Crippen LogP contribution is -2.44. The van der Waals surface area contributed by atoms with Crippen LogP contribution in [-0.4, -0.2) is 35.6 Å². The maximum absolute atomic E-state index is 11.3. The van der Waals surface area contributed by atoms with E-state index in [1.54, 1.807) is 0 Å². The first-order valence-electron chi connectivity index (χ1n) is 6.97. The Bertz CT molecular complexity index is 247. The zero-order valence-electron chi connectivity index (χ0n) is 11.5. The van der Waals surface area contributed by atoms with Crippen molar-refractivity contribution in [2.75, 3.05) is 19.6 Å². The number of piperidine rings is 1. The highest BCUT2D eigenvalue weighted by atomic mass is 16.4. The molecule has 0 spiro atoms. The smallest absolute Gasteiger partial charge is 0.310 e. The molecule has 1 fully saturated rings. The molecule has 0 radical (unpaired) electrons. The van der Waals surface area contributed by atoms with Gasteiger partial charge in [-0.15, -0.1) is 0 Å². The van der Waals surface area contributed by atoms with Gasteiger partial charge in [0.05, 0.1) is 5.41 Å². The van der Waals surface area contributed by atoms with Crippen molar-refractivity contribution in [3.05, 3.63) is 0 Å². The number of carbonyl (C=O) groups is 1. The molecule has 0 amide bonds. The van der Waals surface area contributed by atoms with Crippen molar-refractivity contribution in [3.8, 4) is 0 Å². The maximum Gasteiger partial charge on any atom is 0.310 e. The second-order valence-electron chi connectivity index (χ2n) is 5.73. The number of likely N-dealkylation sites (tertiary alicyclic amines) is 1. The van der Waals surface area contributed by atoms with Gasteiger partial charge in [-0.3, -0.25) is 4.79 Å². The van der Waals surface area contributed by atoms with Crippen LogP contribution in [0.1, 0.15) is 52.9 Å². The van der Waals surface area contributed by atoms with Crippen LogP contribution < -0.4 is 0 Å². The van der Waals surface area contributed by atoms with Gasteiger partial charge in [-0.05, 0) is 45.2 Å². The Kier molecular flexibility index (Phi) is 5.44. The SMILES string of the molecule is CCCC1CCN(CC(C)(CC)C(=O)O)CC1. The number of carboxylic acid groups (broad SMARTS) is 1. The van der Waals surface area contributed by atoms with Crippen LogP contribution in [0.15, 0.2) is 0 Å². The lowest BCUT2D eigenvalue weighted by Gasteiger charge is -2.36. The summed E-state index contributed by atoms with van der Waals surface area (Å²) in [6.07, 6.45) is 5.79. The molecule has 0 saturated carbocycles. The van der Waals surface area contributed by atoms with Gasteiger partial charge in [-0.2, -0.15) is 0 Å². The third kappa shape index (κ3) is 3.98. The highest BCUT2D eigenvalue weighted by Gasteiger charge is 2.34. The monoisotopic (exact) mass is 241 g/mol. The van der Waals surface area contributed by atoms with Crippen LogP contribution in [0.3, 0.4) is 0 Å². The van der Waals surface area contributed by atoms with Crippen LogP contribution in [-0.2, 0) is 4.79 Å². The lowest BCUT2D eigenvalue weighted by atomic mass is 9.85. The van der Waals surface area contributed by atoms with Crippen molar-refractivity contribution < 1.29 is 9.90 Å². The Morgan fingerprint density at radius 1 is 1.35 bits per heavy atom. The maximum atomic E-state index is 11.3. The van der Waals surface area contributed by atoms with E-state index in [1.165, 1.54) is 25.7 Å². The zero-order chi connectivity index (χ0) is 12.9. The summed E-state index contributed by atoms with van der Waals surface area (Å²) >= 11 is 0. The van der Waals surface area contributed by atoms with E-state index in [0.717, 1.165) is 19.0 Å². The van der Waals surface area contributed by atoms with Crippen molar-refractivity contribution in [3.63, 3.8) is 0 Å². The lowest BCUT2D eigenvalue weighted by molar-refractivity contribution is -0.149. The number of rotatable bonds is 6. The van der Waals surface area contributed by atoms with E-state index in [2.05, 4.69) is 11.8 Å². The van der Waals surface area contributed by atoms with Gasteiger partial charge >= 0.3 is 5.97 Å². The quantitative estimate of drug-likeness (QED) is 0.777. The molecular weight excluding hydrogens is 214 g/mol. The normalized spacial score (nSPS) is 22.3. The van der Waals surface area contributed by atoms with Crippen LogP contribution in [0.4, 0.5) is 0 Å². The first-order chi connectivity index (χ1) is 8.01. The molecule has 1 rings (SSSR count). The Hall–Kier alpha value is -0.570. The zero-order valence-corrected chi connectivity index (χ0v) is 11.5. The molecule has 100 valence electrons. The van der Waals surface area contributed by atoms with Gasteiger partial charge in [0.15, 0.2) is 0 Å². The molecule has 3 heteroatoms. The van der Waals surface area contributed by atoms with E-state index < -0.39 is 11.4 Å². The van der Waals surface area contributed by atoms with Gasteiger partial charge in [-0.25, -0.2) is 0 Å². The molecule has 1 aliphatic rings. The van der Waals surface area contributed by atoms with Gasteiger partial charge in [-0.1, -0.05) is 26.7 Å². The first-order valence-corrected chi connectivity index (χ1v) is 6.97. The minimum absolute atomic E-state index is 0.572. The average Bonchev–Trinajstić information content (AvgIpc) is 2.31. The van der Waals surface area contributed by atoms with E-state index in [4.69, 9.17) is 0 Å². The number of hydrogen-bond acceptors (Lipinski definition) is 2. The Balaban J connectivity index is 2.42. The average molecular weight is 241 g/mol. The van der Waals surface area contributed by atoms with E-state index in [9.17, 15) is 9.90 Å². The van der Waals surface area contributed by atoms with E-state index >= 15 is 0 Å². The highest BCUT2D eigenvalue weighted by molar-refractivity contribution is 5.74. The van der Waals surface area contributed by atoms with Gasteiger partial charge in [0.25, 0.3) is 0 Å². The van der Waals surface area contributed by atoms with Gasteiger partial charge in [0, 0.05) is 6.54 Å². The minimum atomic E-state index is -0.657. The van der Waals surface area contributed by atoms with Crippen molar-refractivity contribution >= 4 is 5.97 Å². The third-order valence-corrected chi connectivity index (χ3v) is 4.27. The standard InChI is InChI=1S/C14H27NO2/c1-4-6-12-7-9-15(10-8-12)11-14(3,5-2)13(16)17/h12H,4-11H2,1-3H3,(H,16,17). The van der Waals surface area contributed by atoms with Crippen LogP contribution >= 0.6 is 0 Å². The van der Waals surface area contributed by atoms with E-state index in [1.807, 2.05) is 13.8 Å². The molecular formula is C14H27NO2. The largest absolute Gasteiger partial charge is 0.481 e. The molecule has 0 aliphatic carbocycles. The molecule has 1 atom stereocenters. The first kappa shape index (κ1) is 14.5. The molecule has 1 aliphatic heterocycles. The van der Waals surface area contributed by atoms with Crippen LogP contribution in [0, 0.1) is 11.3 Å². The molecule has 17 heavy (non-hydrogen) atoms. The third-order valence-electron chi connectivity index (χ3n) is 4.27. The summed E-state index contributed by atoms with van der Waals surface area (Å²) in [7, 11) is 0. The second-order valence-corrected chi connectivity index (χ2v) is 5.73. The molecule has 0 aromatic heterocycles. The number of hydrogen-bond donors (Lipinski definition) is 1.